The van der Waals surface area contributed by atoms with E-state index < -0.39 is 0 Å². The number of rotatable bonds is 2. The summed E-state index contributed by atoms with van der Waals surface area (Å²) in [5.41, 5.74) is 13.6. The normalized spacial score (nSPS) is 11.4. The van der Waals surface area contributed by atoms with Crippen LogP contribution >= 0.6 is 11.8 Å². The number of hydrogen-bond acceptors (Lipinski definition) is 5. The molecule has 2 aromatic carbocycles. The summed E-state index contributed by atoms with van der Waals surface area (Å²) in [6, 6.07) is 14.8. The summed E-state index contributed by atoms with van der Waals surface area (Å²) in [6.45, 7) is 2.04. The van der Waals surface area contributed by atoms with Gasteiger partial charge in [0.25, 0.3) is 0 Å². The van der Waals surface area contributed by atoms with E-state index >= 15 is 0 Å². The molecule has 0 aliphatic heterocycles. The Bertz CT molecular complexity index is 1080. The Morgan fingerprint density at radius 3 is 2.54 bits per heavy atom. The van der Waals surface area contributed by atoms with Gasteiger partial charge in [0.1, 0.15) is 11.5 Å². The van der Waals surface area contributed by atoms with E-state index in [0.717, 1.165) is 21.6 Å². The molecule has 0 saturated carbocycles. The molecule has 0 unspecified atom stereocenters. The van der Waals surface area contributed by atoms with E-state index in [0.29, 0.717) is 5.82 Å². The Hall–Kier alpha value is -2.73. The van der Waals surface area contributed by atoms with E-state index in [1.165, 1.54) is 15.7 Å². The fourth-order valence-corrected chi connectivity index (χ4v) is 4.05. The molecule has 6 heteroatoms. The van der Waals surface area contributed by atoms with Crippen molar-refractivity contribution in [2.75, 3.05) is 11.5 Å². The van der Waals surface area contributed by atoms with Crippen molar-refractivity contribution in [3.05, 3.63) is 48.0 Å². The smallest absolute Gasteiger partial charge is 0.223 e. The number of aromatic nitrogens is 3. The van der Waals surface area contributed by atoms with Crippen molar-refractivity contribution in [1.29, 1.82) is 0 Å². The number of fused-ring (bicyclic) bond motifs is 2. The predicted octanol–water partition coefficient (Wildman–Crippen LogP) is 3.75. The lowest BCUT2D eigenvalue weighted by Crippen LogP contribution is -2.01. The van der Waals surface area contributed by atoms with Crippen molar-refractivity contribution in [2.45, 2.75) is 16.8 Å². The molecule has 4 rings (SSSR count). The van der Waals surface area contributed by atoms with Crippen molar-refractivity contribution in [1.82, 2.24) is 14.5 Å². The average molecular weight is 335 g/mol. The number of benzene rings is 2. The van der Waals surface area contributed by atoms with Gasteiger partial charge in [-0.3, -0.25) is 0 Å². The lowest BCUT2D eigenvalue weighted by Gasteiger charge is -2.06. The third kappa shape index (κ3) is 2.27. The van der Waals surface area contributed by atoms with Crippen molar-refractivity contribution in [3.63, 3.8) is 0 Å². The predicted molar refractivity (Wildman–Crippen MR) is 100 cm³/mol. The SMILES string of the molecule is Cc1c(Sc2ccc3ccccc3c2)n(C)c2nc(N)nc(N)c12. The quantitative estimate of drug-likeness (QED) is 0.583. The number of nitrogen functional groups attached to an aromatic ring is 2. The minimum Gasteiger partial charge on any atom is -0.383 e. The van der Waals surface area contributed by atoms with E-state index in [4.69, 9.17) is 11.5 Å². The van der Waals surface area contributed by atoms with E-state index in [2.05, 4.69) is 52.4 Å². The molecule has 0 bridgehead atoms. The maximum atomic E-state index is 6.05. The van der Waals surface area contributed by atoms with Crippen molar-refractivity contribution in [2.24, 2.45) is 7.05 Å². The minimum atomic E-state index is 0.197. The molecule has 4 N–H and O–H groups in total. The van der Waals surface area contributed by atoms with Crippen LogP contribution in [0.1, 0.15) is 5.56 Å². The van der Waals surface area contributed by atoms with Gasteiger partial charge in [-0.2, -0.15) is 9.97 Å². The van der Waals surface area contributed by atoms with Crippen LogP contribution in [0, 0.1) is 6.92 Å². The number of anilines is 2. The van der Waals surface area contributed by atoms with Crippen LogP contribution in [-0.2, 0) is 7.05 Å². The Morgan fingerprint density at radius 1 is 1.00 bits per heavy atom. The Kier molecular flexibility index (Phi) is 3.35. The van der Waals surface area contributed by atoms with Crippen LogP contribution in [0.25, 0.3) is 21.8 Å². The molecule has 2 heterocycles. The van der Waals surface area contributed by atoms with Gasteiger partial charge in [0.05, 0.1) is 10.4 Å². The number of nitrogens with two attached hydrogens (primary N) is 2. The molecular weight excluding hydrogens is 318 g/mol. The lowest BCUT2D eigenvalue weighted by molar-refractivity contribution is 0.838. The maximum Gasteiger partial charge on any atom is 0.223 e. The van der Waals surface area contributed by atoms with Gasteiger partial charge >= 0.3 is 0 Å². The van der Waals surface area contributed by atoms with Crippen LogP contribution in [0.3, 0.4) is 0 Å². The first-order valence-electron chi connectivity index (χ1n) is 7.59. The van der Waals surface area contributed by atoms with Gasteiger partial charge < -0.3 is 16.0 Å². The molecule has 0 aliphatic rings. The summed E-state index contributed by atoms with van der Waals surface area (Å²) >= 11 is 1.69. The fourth-order valence-electron chi connectivity index (χ4n) is 3.03. The topological polar surface area (TPSA) is 82.8 Å². The molecule has 0 saturated heterocycles. The number of nitrogens with zero attached hydrogens (tertiary/aromatic N) is 3. The Labute approximate surface area is 143 Å². The Morgan fingerprint density at radius 2 is 1.75 bits per heavy atom. The molecule has 0 aliphatic carbocycles. The minimum absolute atomic E-state index is 0.197. The zero-order valence-electron chi connectivity index (χ0n) is 13.4. The molecule has 2 aromatic heterocycles. The van der Waals surface area contributed by atoms with Crippen LogP contribution in [-0.4, -0.2) is 14.5 Å². The fraction of sp³-hybridized carbons (Fsp3) is 0.111. The third-order valence-electron chi connectivity index (χ3n) is 4.19. The van der Waals surface area contributed by atoms with E-state index in [1.807, 2.05) is 18.5 Å². The number of hydrogen-bond donors (Lipinski definition) is 2. The second-order valence-corrected chi connectivity index (χ2v) is 6.83. The first-order chi connectivity index (χ1) is 11.5. The standard InChI is InChI=1S/C18H17N5S/c1-10-14-15(19)21-18(20)22-16(14)23(2)17(10)24-13-8-7-11-5-3-4-6-12(11)9-13/h3-9H,1-2H3,(H4,19,20,21,22). The first kappa shape index (κ1) is 14.8. The summed E-state index contributed by atoms with van der Waals surface area (Å²) in [6.07, 6.45) is 0. The summed E-state index contributed by atoms with van der Waals surface area (Å²) in [5.74, 6) is 0.624. The monoisotopic (exact) mass is 335 g/mol. The zero-order valence-corrected chi connectivity index (χ0v) is 14.3. The average Bonchev–Trinajstić information content (AvgIpc) is 2.79. The number of aryl methyl sites for hydroxylation is 2. The highest BCUT2D eigenvalue weighted by Gasteiger charge is 2.18. The van der Waals surface area contributed by atoms with Gasteiger partial charge in [-0.15, -0.1) is 0 Å². The van der Waals surface area contributed by atoms with Gasteiger partial charge in [0.2, 0.25) is 5.95 Å². The van der Waals surface area contributed by atoms with Crippen molar-refractivity contribution >= 4 is 45.3 Å². The van der Waals surface area contributed by atoms with Gasteiger partial charge in [-0.1, -0.05) is 42.1 Å². The van der Waals surface area contributed by atoms with Crippen LogP contribution in [0.15, 0.2) is 52.4 Å². The molecule has 24 heavy (non-hydrogen) atoms. The highest BCUT2D eigenvalue weighted by molar-refractivity contribution is 7.99. The molecule has 0 fully saturated rings. The molecule has 0 spiro atoms. The first-order valence-corrected chi connectivity index (χ1v) is 8.41. The molecule has 4 aromatic rings. The Balaban J connectivity index is 1.85. The lowest BCUT2D eigenvalue weighted by atomic mass is 10.1. The van der Waals surface area contributed by atoms with Crippen LogP contribution in [0.4, 0.5) is 11.8 Å². The third-order valence-corrected chi connectivity index (χ3v) is 5.45. The maximum absolute atomic E-state index is 6.05. The van der Waals surface area contributed by atoms with Crippen molar-refractivity contribution < 1.29 is 0 Å². The summed E-state index contributed by atoms with van der Waals surface area (Å²) < 4.78 is 2.03. The van der Waals surface area contributed by atoms with Gasteiger partial charge in [0, 0.05) is 11.9 Å². The highest BCUT2D eigenvalue weighted by atomic mass is 32.2. The second-order valence-electron chi connectivity index (χ2n) is 5.77. The summed E-state index contributed by atoms with van der Waals surface area (Å²) in [4.78, 5) is 9.60. The van der Waals surface area contributed by atoms with Crippen LogP contribution in [0.5, 0.6) is 0 Å². The van der Waals surface area contributed by atoms with Gasteiger partial charge in [0.15, 0.2) is 0 Å². The van der Waals surface area contributed by atoms with E-state index in [-0.39, 0.29) is 5.95 Å². The molecule has 120 valence electrons. The largest absolute Gasteiger partial charge is 0.383 e. The molecular formula is C18H17N5S. The second kappa shape index (κ2) is 5.42. The highest BCUT2D eigenvalue weighted by Crippen LogP contribution is 2.38. The molecule has 0 amide bonds. The van der Waals surface area contributed by atoms with Crippen LogP contribution in [0.2, 0.25) is 0 Å². The van der Waals surface area contributed by atoms with Gasteiger partial charge in [-0.25, -0.2) is 0 Å². The molecule has 0 radical (unpaired) electrons. The molecule has 0 atom stereocenters. The zero-order chi connectivity index (χ0) is 16.8. The van der Waals surface area contributed by atoms with Crippen LogP contribution < -0.4 is 11.5 Å². The van der Waals surface area contributed by atoms with Crippen molar-refractivity contribution in [3.8, 4) is 0 Å². The molecule has 5 nitrogen and oxygen atoms in total. The summed E-state index contributed by atoms with van der Waals surface area (Å²) in [7, 11) is 1.98. The van der Waals surface area contributed by atoms with E-state index in [1.54, 1.807) is 11.8 Å². The van der Waals surface area contributed by atoms with Gasteiger partial charge in [-0.05, 0) is 35.4 Å². The summed E-state index contributed by atoms with van der Waals surface area (Å²) in [5, 5.41) is 4.42. The van der Waals surface area contributed by atoms with E-state index in [9.17, 15) is 0 Å².